The summed E-state index contributed by atoms with van der Waals surface area (Å²) in [6, 6.07) is 2.29. The molecule has 0 aromatic carbocycles. The maximum atomic E-state index is 5.63. The molecule has 0 saturated carbocycles. The normalized spacial score (nSPS) is 12.4. The van der Waals surface area contributed by atoms with Crippen LogP contribution in [0, 0.1) is 0 Å². The van der Waals surface area contributed by atoms with Gasteiger partial charge in [-0.2, -0.15) is 0 Å². The molecule has 2 aromatic heterocycles. The number of anilines is 1. The number of thiophene rings is 1. The fourth-order valence-corrected chi connectivity index (χ4v) is 2.86. The van der Waals surface area contributed by atoms with Gasteiger partial charge in [0.1, 0.15) is 0 Å². The van der Waals surface area contributed by atoms with E-state index in [2.05, 4.69) is 32.0 Å². The first-order valence-electron chi connectivity index (χ1n) is 5.61. The van der Waals surface area contributed by atoms with Gasteiger partial charge in [-0.05, 0) is 28.9 Å². The van der Waals surface area contributed by atoms with E-state index in [-0.39, 0.29) is 6.04 Å². The fraction of sp³-hybridized carbons (Fsp3) is 0.333. The lowest BCUT2D eigenvalue weighted by Crippen LogP contribution is -2.36. The van der Waals surface area contributed by atoms with Gasteiger partial charge in [0.25, 0.3) is 0 Å². The minimum Gasteiger partial charge on any atom is -0.340 e. The van der Waals surface area contributed by atoms with Gasteiger partial charge in [0.15, 0.2) is 0 Å². The van der Waals surface area contributed by atoms with Crippen LogP contribution in [0.2, 0.25) is 0 Å². The minimum absolute atomic E-state index is 0.228. The lowest BCUT2D eigenvalue weighted by Gasteiger charge is -2.23. The molecule has 0 amide bonds. The summed E-state index contributed by atoms with van der Waals surface area (Å²) in [6.45, 7) is 2.63. The first-order valence-corrected chi connectivity index (χ1v) is 7.28. The molecule has 0 radical (unpaired) electrons. The highest BCUT2D eigenvalue weighted by Crippen LogP contribution is 2.29. The molecule has 18 heavy (non-hydrogen) atoms. The first-order chi connectivity index (χ1) is 8.61. The zero-order valence-electron chi connectivity index (χ0n) is 10.3. The molecule has 2 rings (SSSR count). The summed E-state index contributed by atoms with van der Waals surface area (Å²) in [5.74, 6) is 0.701. The predicted octanol–water partition coefficient (Wildman–Crippen LogP) is 2.75. The number of hydrogen-bond donors (Lipinski definition) is 1. The molecule has 0 aliphatic rings. The molecule has 0 fully saturated rings. The molecular weight excluding hydrogens is 312 g/mol. The Balaban J connectivity index is 2.20. The van der Waals surface area contributed by atoms with Crippen molar-refractivity contribution in [3.63, 3.8) is 0 Å². The van der Waals surface area contributed by atoms with E-state index >= 15 is 0 Å². The second-order valence-electron chi connectivity index (χ2n) is 4.10. The van der Waals surface area contributed by atoms with Crippen molar-refractivity contribution >= 4 is 33.2 Å². The molecule has 0 aliphatic heterocycles. The maximum absolute atomic E-state index is 5.63. The van der Waals surface area contributed by atoms with Gasteiger partial charge in [-0.15, -0.1) is 11.3 Å². The van der Waals surface area contributed by atoms with Crippen molar-refractivity contribution in [2.75, 3.05) is 18.5 Å². The van der Waals surface area contributed by atoms with Crippen LogP contribution in [0.1, 0.15) is 6.92 Å². The van der Waals surface area contributed by atoms with Gasteiger partial charge in [-0.3, -0.25) is 0 Å². The lowest BCUT2D eigenvalue weighted by molar-refractivity contribution is 0.678. The average Bonchev–Trinajstić information content (AvgIpc) is 2.84. The van der Waals surface area contributed by atoms with Crippen molar-refractivity contribution in [1.29, 1.82) is 0 Å². The summed E-state index contributed by atoms with van der Waals surface area (Å²) < 4.78 is 1.08. The Hall–Kier alpha value is -0.980. The monoisotopic (exact) mass is 326 g/mol. The van der Waals surface area contributed by atoms with Crippen LogP contribution in [0.3, 0.4) is 0 Å². The van der Waals surface area contributed by atoms with Crippen LogP contribution in [0.15, 0.2) is 28.3 Å². The Morgan fingerprint density at radius 3 is 2.61 bits per heavy atom. The van der Waals surface area contributed by atoms with Crippen molar-refractivity contribution in [1.82, 2.24) is 9.97 Å². The molecule has 6 heteroatoms. The quantitative estimate of drug-likeness (QED) is 0.938. The number of hydrogen-bond acceptors (Lipinski definition) is 5. The van der Waals surface area contributed by atoms with Gasteiger partial charge in [-0.25, -0.2) is 9.97 Å². The van der Waals surface area contributed by atoms with Crippen molar-refractivity contribution in [2.45, 2.75) is 13.0 Å². The van der Waals surface area contributed by atoms with Crippen LogP contribution < -0.4 is 10.6 Å². The largest absolute Gasteiger partial charge is 0.340 e. The molecule has 0 saturated heterocycles. The number of aromatic nitrogens is 2. The zero-order valence-corrected chi connectivity index (χ0v) is 12.7. The van der Waals surface area contributed by atoms with Gasteiger partial charge >= 0.3 is 0 Å². The Kier molecular flexibility index (Phi) is 4.31. The van der Waals surface area contributed by atoms with E-state index in [0.717, 1.165) is 14.9 Å². The van der Waals surface area contributed by atoms with Crippen LogP contribution in [-0.4, -0.2) is 29.6 Å². The number of nitrogens with zero attached hydrogens (tertiary/aromatic N) is 3. The van der Waals surface area contributed by atoms with Gasteiger partial charge < -0.3 is 10.6 Å². The second kappa shape index (κ2) is 5.77. The molecule has 0 aliphatic carbocycles. The van der Waals surface area contributed by atoms with Crippen LogP contribution in [0.5, 0.6) is 0 Å². The van der Waals surface area contributed by atoms with E-state index < -0.39 is 0 Å². The number of halogens is 1. The summed E-state index contributed by atoms with van der Waals surface area (Å²) in [7, 11) is 1.95. The van der Waals surface area contributed by atoms with E-state index in [1.807, 2.05) is 36.6 Å². The van der Waals surface area contributed by atoms with Crippen molar-refractivity contribution in [2.24, 2.45) is 5.73 Å². The van der Waals surface area contributed by atoms with Crippen molar-refractivity contribution < 1.29 is 0 Å². The van der Waals surface area contributed by atoms with Crippen LogP contribution >= 0.6 is 27.3 Å². The van der Waals surface area contributed by atoms with Crippen LogP contribution in [0.25, 0.3) is 10.4 Å². The molecular formula is C12H15BrN4S. The van der Waals surface area contributed by atoms with E-state index in [1.165, 1.54) is 0 Å². The lowest BCUT2D eigenvalue weighted by atomic mass is 10.3. The maximum Gasteiger partial charge on any atom is 0.225 e. The highest BCUT2D eigenvalue weighted by Gasteiger charge is 2.11. The second-order valence-corrected chi connectivity index (χ2v) is 5.92. The SMILES string of the molecule is CC(CN)N(C)c1ncc(-c2cc(Br)cs2)cn1. The number of rotatable bonds is 4. The molecule has 1 unspecified atom stereocenters. The summed E-state index contributed by atoms with van der Waals surface area (Å²) in [6.07, 6.45) is 3.70. The Bertz CT molecular complexity index is 511. The Morgan fingerprint density at radius 2 is 2.11 bits per heavy atom. The van der Waals surface area contributed by atoms with Crippen LogP contribution in [-0.2, 0) is 0 Å². The Morgan fingerprint density at radius 1 is 1.44 bits per heavy atom. The fourth-order valence-electron chi connectivity index (χ4n) is 1.45. The van der Waals surface area contributed by atoms with E-state index in [1.54, 1.807) is 11.3 Å². The molecule has 1 atom stereocenters. The molecule has 2 aromatic rings. The standard InChI is InChI=1S/C12H15BrN4S/c1-8(4-14)17(2)12-15-5-9(6-16-12)11-3-10(13)7-18-11/h3,5-8H,4,14H2,1-2H3. The Labute approximate surface area is 119 Å². The average molecular weight is 327 g/mol. The van der Waals surface area contributed by atoms with Gasteiger partial charge in [0.2, 0.25) is 5.95 Å². The first kappa shape index (κ1) is 13.5. The third-order valence-electron chi connectivity index (χ3n) is 2.81. The highest BCUT2D eigenvalue weighted by molar-refractivity contribution is 9.10. The third kappa shape index (κ3) is 2.88. The summed E-state index contributed by atoms with van der Waals surface area (Å²) in [5.41, 5.74) is 6.66. The smallest absolute Gasteiger partial charge is 0.225 e. The summed E-state index contributed by atoms with van der Waals surface area (Å²) in [4.78, 5) is 11.9. The number of nitrogens with two attached hydrogens (primary N) is 1. The zero-order chi connectivity index (χ0) is 13.1. The third-order valence-corrected chi connectivity index (χ3v) is 4.55. The molecule has 96 valence electrons. The molecule has 0 bridgehead atoms. The van der Waals surface area contributed by atoms with Gasteiger partial charge in [0, 0.05) is 52.3 Å². The summed E-state index contributed by atoms with van der Waals surface area (Å²) >= 11 is 5.11. The highest BCUT2D eigenvalue weighted by atomic mass is 79.9. The van der Waals surface area contributed by atoms with Crippen LogP contribution in [0.4, 0.5) is 5.95 Å². The van der Waals surface area contributed by atoms with E-state index in [0.29, 0.717) is 12.5 Å². The number of likely N-dealkylation sites (N-methyl/N-ethyl adjacent to an activating group) is 1. The van der Waals surface area contributed by atoms with E-state index in [9.17, 15) is 0 Å². The molecule has 4 nitrogen and oxygen atoms in total. The van der Waals surface area contributed by atoms with Gasteiger partial charge in [-0.1, -0.05) is 0 Å². The minimum atomic E-state index is 0.228. The van der Waals surface area contributed by atoms with Gasteiger partial charge in [0.05, 0.1) is 0 Å². The topological polar surface area (TPSA) is 55.0 Å². The summed E-state index contributed by atoms with van der Waals surface area (Å²) in [5, 5.41) is 2.05. The molecule has 2 heterocycles. The van der Waals surface area contributed by atoms with E-state index in [4.69, 9.17) is 5.73 Å². The predicted molar refractivity (Wildman–Crippen MR) is 80.0 cm³/mol. The van der Waals surface area contributed by atoms with Crippen molar-refractivity contribution in [3.05, 3.63) is 28.3 Å². The van der Waals surface area contributed by atoms with Crippen molar-refractivity contribution in [3.8, 4) is 10.4 Å². The molecule has 2 N–H and O–H groups in total. The molecule has 0 spiro atoms.